The average molecular weight is 424 g/mol. The van der Waals surface area contributed by atoms with Crippen LogP contribution in [-0.4, -0.2) is 19.6 Å². The zero-order valence-electron chi connectivity index (χ0n) is 18.4. The molecule has 0 aliphatic rings. The molecule has 164 valence electrons. The standard InChI is InChI=1S/C25H29NO5/c1-17(2)15-31-22-11-10-19(14-23(22)28-4)18(3)26-25(27)24-20(12-13-29-24)16-30-21-8-6-5-7-9-21/h5-14,17-18H,15-16H2,1-4H3,(H,26,27). The van der Waals surface area contributed by atoms with Gasteiger partial charge in [0.25, 0.3) is 5.91 Å². The van der Waals surface area contributed by atoms with E-state index >= 15 is 0 Å². The fraction of sp³-hybridized carbons (Fsp3) is 0.320. The molecule has 31 heavy (non-hydrogen) atoms. The summed E-state index contributed by atoms with van der Waals surface area (Å²) in [7, 11) is 1.60. The number of amides is 1. The Kier molecular flexibility index (Phi) is 7.60. The first-order valence-corrected chi connectivity index (χ1v) is 10.3. The van der Waals surface area contributed by atoms with Gasteiger partial charge >= 0.3 is 0 Å². The molecule has 1 amide bonds. The Labute approximate surface area is 183 Å². The number of ether oxygens (including phenoxy) is 3. The van der Waals surface area contributed by atoms with Gasteiger partial charge < -0.3 is 23.9 Å². The third kappa shape index (κ3) is 6.04. The first-order valence-electron chi connectivity index (χ1n) is 10.3. The number of nitrogens with one attached hydrogen (secondary N) is 1. The number of hydrogen-bond acceptors (Lipinski definition) is 5. The van der Waals surface area contributed by atoms with Crippen molar-refractivity contribution in [3.8, 4) is 17.2 Å². The van der Waals surface area contributed by atoms with Gasteiger partial charge in [-0.05, 0) is 48.7 Å². The topological polar surface area (TPSA) is 69.9 Å². The van der Waals surface area contributed by atoms with Gasteiger partial charge in [-0.3, -0.25) is 4.79 Å². The minimum absolute atomic E-state index is 0.242. The van der Waals surface area contributed by atoms with Crippen LogP contribution in [0, 0.1) is 5.92 Å². The minimum Gasteiger partial charge on any atom is -0.493 e. The second kappa shape index (κ2) is 10.6. The van der Waals surface area contributed by atoms with Crippen LogP contribution in [0.25, 0.3) is 0 Å². The van der Waals surface area contributed by atoms with Gasteiger partial charge in [0.2, 0.25) is 0 Å². The number of methoxy groups -OCH3 is 1. The number of benzene rings is 2. The Hall–Kier alpha value is -3.41. The maximum Gasteiger partial charge on any atom is 0.287 e. The van der Waals surface area contributed by atoms with Gasteiger partial charge in [-0.15, -0.1) is 0 Å². The number of carbonyl (C=O) groups is 1. The lowest BCUT2D eigenvalue weighted by atomic mass is 10.1. The summed E-state index contributed by atoms with van der Waals surface area (Å²) in [5.41, 5.74) is 1.58. The largest absolute Gasteiger partial charge is 0.493 e. The van der Waals surface area contributed by atoms with E-state index in [-0.39, 0.29) is 24.3 Å². The molecule has 6 heteroatoms. The normalized spacial score (nSPS) is 11.8. The molecule has 0 spiro atoms. The molecule has 0 aliphatic heterocycles. The summed E-state index contributed by atoms with van der Waals surface area (Å²) in [6, 6.07) is 16.6. The average Bonchev–Trinajstić information content (AvgIpc) is 3.25. The van der Waals surface area contributed by atoms with Crippen LogP contribution < -0.4 is 19.5 Å². The Bertz CT molecular complexity index is 981. The van der Waals surface area contributed by atoms with Crippen molar-refractivity contribution in [2.24, 2.45) is 5.92 Å². The van der Waals surface area contributed by atoms with Gasteiger partial charge in [0.15, 0.2) is 17.3 Å². The van der Waals surface area contributed by atoms with Crippen molar-refractivity contribution in [1.82, 2.24) is 5.32 Å². The molecule has 0 saturated carbocycles. The summed E-state index contributed by atoms with van der Waals surface area (Å²) in [5.74, 6) is 2.40. The monoisotopic (exact) mass is 423 g/mol. The van der Waals surface area contributed by atoms with E-state index in [2.05, 4.69) is 19.2 Å². The first kappa shape index (κ1) is 22.3. The van der Waals surface area contributed by atoms with Crippen LogP contribution in [0.2, 0.25) is 0 Å². The summed E-state index contributed by atoms with van der Waals surface area (Å²) in [5, 5.41) is 2.97. The van der Waals surface area contributed by atoms with Crippen molar-refractivity contribution in [1.29, 1.82) is 0 Å². The molecule has 1 atom stereocenters. The lowest BCUT2D eigenvalue weighted by Gasteiger charge is -2.17. The maximum atomic E-state index is 12.8. The summed E-state index contributed by atoms with van der Waals surface area (Å²) >= 11 is 0. The molecule has 1 unspecified atom stereocenters. The summed E-state index contributed by atoms with van der Waals surface area (Å²) in [6.07, 6.45) is 1.49. The van der Waals surface area contributed by atoms with E-state index in [1.54, 1.807) is 13.2 Å². The molecule has 0 aliphatic carbocycles. The third-order valence-corrected chi connectivity index (χ3v) is 4.70. The zero-order chi connectivity index (χ0) is 22.2. The van der Waals surface area contributed by atoms with E-state index in [1.807, 2.05) is 55.5 Å². The predicted molar refractivity (Wildman–Crippen MR) is 119 cm³/mol. The van der Waals surface area contributed by atoms with E-state index in [9.17, 15) is 4.79 Å². The van der Waals surface area contributed by atoms with E-state index in [0.717, 1.165) is 11.3 Å². The molecule has 0 bridgehead atoms. The molecule has 0 fully saturated rings. The number of hydrogen-bond donors (Lipinski definition) is 1. The lowest BCUT2D eigenvalue weighted by molar-refractivity contribution is 0.0908. The molecule has 3 rings (SSSR count). The van der Waals surface area contributed by atoms with Crippen molar-refractivity contribution in [3.05, 3.63) is 77.7 Å². The van der Waals surface area contributed by atoms with Crippen molar-refractivity contribution in [3.63, 3.8) is 0 Å². The van der Waals surface area contributed by atoms with Crippen molar-refractivity contribution in [2.45, 2.75) is 33.4 Å². The van der Waals surface area contributed by atoms with Crippen LogP contribution in [-0.2, 0) is 6.61 Å². The zero-order valence-corrected chi connectivity index (χ0v) is 18.4. The Morgan fingerprint density at radius 3 is 2.48 bits per heavy atom. The molecule has 0 saturated heterocycles. The Morgan fingerprint density at radius 1 is 1.00 bits per heavy atom. The lowest BCUT2D eigenvalue weighted by Crippen LogP contribution is -2.27. The van der Waals surface area contributed by atoms with Crippen LogP contribution in [0.5, 0.6) is 17.2 Å². The number of rotatable bonds is 10. The van der Waals surface area contributed by atoms with Crippen LogP contribution in [0.1, 0.15) is 48.5 Å². The Balaban J connectivity index is 1.65. The highest BCUT2D eigenvalue weighted by molar-refractivity contribution is 5.93. The van der Waals surface area contributed by atoms with E-state index in [1.165, 1.54) is 6.26 Å². The highest BCUT2D eigenvalue weighted by Gasteiger charge is 2.19. The number of furan rings is 1. The molecule has 1 aromatic heterocycles. The fourth-order valence-corrected chi connectivity index (χ4v) is 3.00. The minimum atomic E-state index is -0.303. The van der Waals surface area contributed by atoms with Gasteiger partial charge in [-0.25, -0.2) is 0 Å². The molecule has 3 aromatic rings. The van der Waals surface area contributed by atoms with Gasteiger partial charge in [-0.2, -0.15) is 0 Å². The van der Waals surface area contributed by atoms with Gasteiger partial charge in [-0.1, -0.05) is 38.1 Å². The molecule has 1 N–H and O–H groups in total. The molecular weight excluding hydrogens is 394 g/mol. The van der Waals surface area contributed by atoms with Crippen molar-refractivity contribution < 1.29 is 23.4 Å². The van der Waals surface area contributed by atoms with Gasteiger partial charge in [0, 0.05) is 5.56 Å². The van der Waals surface area contributed by atoms with Crippen LogP contribution in [0.15, 0.2) is 65.3 Å². The third-order valence-electron chi connectivity index (χ3n) is 4.70. The van der Waals surface area contributed by atoms with Crippen LogP contribution in [0.4, 0.5) is 0 Å². The summed E-state index contributed by atoms with van der Waals surface area (Å²) in [4.78, 5) is 12.8. The van der Waals surface area contributed by atoms with Gasteiger partial charge in [0.1, 0.15) is 12.4 Å². The summed E-state index contributed by atoms with van der Waals surface area (Å²) < 4.78 is 22.4. The van der Waals surface area contributed by atoms with Crippen molar-refractivity contribution >= 4 is 5.91 Å². The van der Waals surface area contributed by atoms with E-state index in [4.69, 9.17) is 18.6 Å². The second-order valence-corrected chi connectivity index (χ2v) is 7.69. The molecular formula is C25H29NO5. The second-order valence-electron chi connectivity index (χ2n) is 7.69. The quantitative estimate of drug-likeness (QED) is 0.473. The number of carbonyl (C=O) groups excluding carboxylic acids is 1. The van der Waals surface area contributed by atoms with Crippen LogP contribution >= 0.6 is 0 Å². The van der Waals surface area contributed by atoms with Crippen molar-refractivity contribution in [2.75, 3.05) is 13.7 Å². The highest BCUT2D eigenvalue weighted by atomic mass is 16.5. The van der Waals surface area contributed by atoms with Gasteiger partial charge in [0.05, 0.1) is 26.0 Å². The summed E-state index contributed by atoms with van der Waals surface area (Å²) in [6.45, 7) is 6.94. The molecule has 0 radical (unpaired) electrons. The highest BCUT2D eigenvalue weighted by Crippen LogP contribution is 2.31. The predicted octanol–water partition coefficient (Wildman–Crippen LogP) is 5.39. The molecule has 2 aromatic carbocycles. The van der Waals surface area contributed by atoms with E-state index in [0.29, 0.717) is 29.6 Å². The van der Waals surface area contributed by atoms with Crippen LogP contribution in [0.3, 0.4) is 0 Å². The Morgan fingerprint density at radius 2 is 1.77 bits per heavy atom. The SMILES string of the molecule is COc1cc(C(C)NC(=O)c2occc2COc2ccccc2)ccc1OCC(C)C. The van der Waals surface area contributed by atoms with E-state index < -0.39 is 0 Å². The maximum absolute atomic E-state index is 12.8. The number of para-hydroxylation sites is 1. The fourth-order valence-electron chi connectivity index (χ4n) is 3.00. The molecule has 1 heterocycles. The first-order chi connectivity index (χ1) is 15.0. The smallest absolute Gasteiger partial charge is 0.287 e. The molecule has 6 nitrogen and oxygen atoms in total.